The lowest BCUT2D eigenvalue weighted by Crippen LogP contribution is -2.18. The molecule has 1 N–H and O–H groups in total. The van der Waals surface area contributed by atoms with Gasteiger partial charge < -0.3 is 15.0 Å². The fourth-order valence-electron chi connectivity index (χ4n) is 3.50. The molecule has 0 atom stereocenters. The zero-order valence-corrected chi connectivity index (χ0v) is 17.4. The van der Waals surface area contributed by atoms with Crippen molar-refractivity contribution < 1.29 is 14.3 Å². The summed E-state index contributed by atoms with van der Waals surface area (Å²) in [4.78, 5) is 27.1. The monoisotopic (exact) mass is 394 g/mol. The van der Waals surface area contributed by atoms with Crippen molar-refractivity contribution in [3.63, 3.8) is 0 Å². The molecule has 5 heteroatoms. The number of rotatable bonds is 9. The number of Topliss-reactive ketones (excluding diaryl/α,β-unsaturated/α-hetero) is 1. The second-order valence-corrected chi connectivity index (χ2v) is 7.54. The predicted molar refractivity (Wildman–Crippen MR) is 117 cm³/mol. The summed E-state index contributed by atoms with van der Waals surface area (Å²) in [5, 5.41) is 2.94. The summed E-state index contributed by atoms with van der Waals surface area (Å²) >= 11 is 0. The molecule has 154 valence electrons. The van der Waals surface area contributed by atoms with Gasteiger partial charge in [-0.15, -0.1) is 0 Å². The first-order valence-electron chi connectivity index (χ1n) is 10.5. The first-order chi connectivity index (χ1) is 14.1. The molecule has 2 aromatic carbocycles. The first-order valence-corrected chi connectivity index (χ1v) is 10.5. The first kappa shape index (κ1) is 20.9. The van der Waals surface area contributed by atoms with Gasteiger partial charge in [-0.3, -0.25) is 9.59 Å². The van der Waals surface area contributed by atoms with Crippen LogP contribution in [0.5, 0.6) is 5.75 Å². The Morgan fingerprint density at radius 2 is 1.76 bits per heavy atom. The van der Waals surface area contributed by atoms with Gasteiger partial charge in [-0.05, 0) is 74.2 Å². The molecule has 3 rings (SSSR count). The molecule has 0 radical (unpaired) electrons. The number of nitrogens with zero attached hydrogens (tertiary/aromatic N) is 1. The van der Waals surface area contributed by atoms with Crippen LogP contribution in [0, 0.1) is 6.92 Å². The summed E-state index contributed by atoms with van der Waals surface area (Å²) in [6.07, 6.45) is 3.77. The van der Waals surface area contributed by atoms with Crippen LogP contribution in [0.4, 0.5) is 11.4 Å². The minimum Gasteiger partial charge on any atom is -0.494 e. The second kappa shape index (κ2) is 10.1. The normalized spacial score (nSPS) is 13.4. The Morgan fingerprint density at radius 1 is 1.03 bits per heavy atom. The minimum absolute atomic E-state index is 0.0386. The molecule has 1 heterocycles. The van der Waals surface area contributed by atoms with E-state index in [1.54, 1.807) is 24.3 Å². The number of ketones is 1. The molecule has 1 amide bonds. The van der Waals surface area contributed by atoms with E-state index in [-0.39, 0.29) is 24.5 Å². The van der Waals surface area contributed by atoms with Crippen LogP contribution in [0.3, 0.4) is 0 Å². The molecule has 0 aromatic heterocycles. The van der Waals surface area contributed by atoms with E-state index in [1.807, 2.05) is 19.9 Å². The average molecular weight is 395 g/mol. The highest BCUT2D eigenvalue weighted by Gasteiger charge is 2.14. The van der Waals surface area contributed by atoms with Crippen molar-refractivity contribution in [1.29, 1.82) is 0 Å². The van der Waals surface area contributed by atoms with Gasteiger partial charge in [-0.25, -0.2) is 0 Å². The number of hydrogen-bond acceptors (Lipinski definition) is 4. The molecule has 0 aliphatic carbocycles. The van der Waals surface area contributed by atoms with Gasteiger partial charge in [0, 0.05) is 42.9 Å². The minimum atomic E-state index is -0.140. The standard InChI is InChI=1S/C24H30N2O3/c1-3-16-29-21-9-6-19(7-10-21)23(27)12-13-24(28)25-22-11-8-20(17-18(22)2)26-14-4-5-15-26/h6-11,17H,3-5,12-16H2,1-2H3,(H,25,28). The lowest BCUT2D eigenvalue weighted by atomic mass is 10.1. The van der Waals surface area contributed by atoms with Gasteiger partial charge in [0.25, 0.3) is 0 Å². The van der Waals surface area contributed by atoms with Crippen molar-refractivity contribution in [3.05, 3.63) is 53.6 Å². The lowest BCUT2D eigenvalue weighted by molar-refractivity contribution is -0.116. The fourth-order valence-corrected chi connectivity index (χ4v) is 3.50. The van der Waals surface area contributed by atoms with Gasteiger partial charge in [0.2, 0.25) is 5.91 Å². The Bertz CT molecular complexity index is 840. The summed E-state index contributed by atoms with van der Waals surface area (Å²) in [5.74, 6) is 0.579. The van der Waals surface area contributed by atoms with E-state index in [2.05, 4.69) is 22.3 Å². The maximum atomic E-state index is 12.4. The summed E-state index contributed by atoms with van der Waals surface area (Å²) in [6, 6.07) is 13.2. The number of ether oxygens (including phenoxy) is 1. The van der Waals surface area contributed by atoms with Crippen molar-refractivity contribution in [2.75, 3.05) is 29.9 Å². The molecule has 1 aliphatic rings. The van der Waals surface area contributed by atoms with Crippen molar-refractivity contribution in [2.45, 2.75) is 46.0 Å². The zero-order chi connectivity index (χ0) is 20.6. The molecule has 0 spiro atoms. The Morgan fingerprint density at radius 3 is 2.41 bits per heavy atom. The van der Waals surface area contributed by atoms with E-state index >= 15 is 0 Å². The SMILES string of the molecule is CCCOc1ccc(C(=O)CCC(=O)Nc2ccc(N3CCCC3)cc2C)cc1. The van der Waals surface area contributed by atoms with E-state index in [0.29, 0.717) is 12.2 Å². The quantitative estimate of drug-likeness (QED) is 0.609. The van der Waals surface area contributed by atoms with E-state index in [4.69, 9.17) is 4.74 Å². The third-order valence-corrected chi connectivity index (χ3v) is 5.18. The number of benzene rings is 2. The van der Waals surface area contributed by atoms with Crippen LogP contribution in [0.1, 0.15) is 54.9 Å². The third kappa shape index (κ3) is 5.83. The molecular weight excluding hydrogens is 364 g/mol. The average Bonchev–Trinajstić information content (AvgIpc) is 3.27. The third-order valence-electron chi connectivity index (χ3n) is 5.18. The van der Waals surface area contributed by atoms with Crippen molar-refractivity contribution in [3.8, 4) is 5.75 Å². The van der Waals surface area contributed by atoms with Crippen molar-refractivity contribution in [1.82, 2.24) is 0 Å². The number of hydrogen-bond donors (Lipinski definition) is 1. The van der Waals surface area contributed by atoms with Gasteiger partial charge in [0.05, 0.1) is 6.61 Å². The van der Waals surface area contributed by atoms with Crippen LogP contribution in [-0.2, 0) is 4.79 Å². The fraction of sp³-hybridized carbons (Fsp3) is 0.417. The van der Waals surface area contributed by atoms with E-state index in [9.17, 15) is 9.59 Å². The molecule has 29 heavy (non-hydrogen) atoms. The molecule has 0 unspecified atom stereocenters. The number of carbonyl (C=O) groups excluding carboxylic acids is 2. The highest BCUT2D eigenvalue weighted by molar-refractivity contribution is 6.00. The molecular formula is C24H30N2O3. The van der Waals surface area contributed by atoms with Gasteiger partial charge in [-0.2, -0.15) is 0 Å². The maximum Gasteiger partial charge on any atom is 0.224 e. The summed E-state index contributed by atoms with van der Waals surface area (Å²) in [7, 11) is 0. The van der Waals surface area contributed by atoms with Gasteiger partial charge in [0.15, 0.2) is 5.78 Å². The molecule has 1 aliphatic heterocycles. The van der Waals surface area contributed by atoms with Crippen LogP contribution in [-0.4, -0.2) is 31.4 Å². The zero-order valence-electron chi connectivity index (χ0n) is 17.4. The summed E-state index contributed by atoms with van der Waals surface area (Å²) in [6.45, 7) is 6.90. The molecule has 2 aromatic rings. The number of anilines is 2. The van der Waals surface area contributed by atoms with E-state index < -0.39 is 0 Å². The van der Waals surface area contributed by atoms with Crippen LogP contribution in [0.25, 0.3) is 0 Å². The smallest absolute Gasteiger partial charge is 0.224 e. The molecule has 0 bridgehead atoms. The van der Waals surface area contributed by atoms with Crippen LogP contribution in [0.2, 0.25) is 0 Å². The second-order valence-electron chi connectivity index (χ2n) is 7.54. The van der Waals surface area contributed by atoms with Gasteiger partial charge in [-0.1, -0.05) is 6.92 Å². The Hall–Kier alpha value is -2.82. The molecule has 0 saturated carbocycles. The summed E-state index contributed by atoms with van der Waals surface area (Å²) in [5.41, 5.74) is 3.66. The molecule has 1 saturated heterocycles. The predicted octanol–water partition coefficient (Wildman–Crippen LogP) is 4.99. The van der Waals surface area contributed by atoms with Crippen LogP contribution >= 0.6 is 0 Å². The Balaban J connectivity index is 1.49. The van der Waals surface area contributed by atoms with Gasteiger partial charge >= 0.3 is 0 Å². The number of nitrogens with one attached hydrogen (secondary N) is 1. The van der Waals surface area contributed by atoms with E-state index in [0.717, 1.165) is 36.5 Å². The topological polar surface area (TPSA) is 58.6 Å². The number of carbonyl (C=O) groups is 2. The van der Waals surface area contributed by atoms with Gasteiger partial charge in [0.1, 0.15) is 5.75 Å². The highest BCUT2D eigenvalue weighted by atomic mass is 16.5. The van der Waals surface area contributed by atoms with Crippen LogP contribution < -0.4 is 15.0 Å². The van der Waals surface area contributed by atoms with Crippen molar-refractivity contribution >= 4 is 23.1 Å². The van der Waals surface area contributed by atoms with Crippen LogP contribution in [0.15, 0.2) is 42.5 Å². The molecule has 5 nitrogen and oxygen atoms in total. The number of aryl methyl sites for hydroxylation is 1. The van der Waals surface area contributed by atoms with E-state index in [1.165, 1.54) is 18.5 Å². The lowest BCUT2D eigenvalue weighted by Gasteiger charge is -2.19. The number of amides is 1. The highest BCUT2D eigenvalue weighted by Crippen LogP contribution is 2.25. The van der Waals surface area contributed by atoms with Crippen molar-refractivity contribution in [2.24, 2.45) is 0 Å². The molecule has 1 fully saturated rings. The maximum absolute atomic E-state index is 12.4. The Kier molecular flexibility index (Phi) is 7.28. The Labute approximate surface area is 173 Å². The largest absolute Gasteiger partial charge is 0.494 e. The summed E-state index contributed by atoms with van der Waals surface area (Å²) < 4.78 is 5.53.